The van der Waals surface area contributed by atoms with Crippen LogP contribution in [0.15, 0.2) is 72.8 Å². The molecule has 0 aliphatic heterocycles. The summed E-state index contributed by atoms with van der Waals surface area (Å²) in [5, 5.41) is 0. The molecule has 35 heavy (non-hydrogen) atoms. The van der Waals surface area contributed by atoms with E-state index >= 15 is 0 Å². The molecule has 0 heterocycles. The summed E-state index contributed by atoms with van der Waals surface area (Å²) in [6.45, 7) is 11.4. The molecule has 0 saturated heterocycles. The fourth-order valence-corrected chi connectivity index (χ4v) is 32.4. The van der Waals surface area contributed by atoms with Crippen molar-refractivity contribution in [3.63, 3.8) is 0 Å². The maximum absolute atomic E-state index is 8.19. The van der Waals surface area contributed by atoms with Crippen molar-refractivity contribution in [3.8, 4) is 16.9 Å². The summed E-state index contributed by atoms with van der Waals surface area (Å²) in [6, 6.07) is 23.6. The average Bonchev–Trinajstić information content (AvgIpc) is 3.39. The molecule has 3 aromatic rings. The first kappa shape index (κ1) is 25.7. The standard InChI is InChI=1S/C17H19O2Si.C9H7.C2H6Si.2ClH.Zr/c1-20(2,3)19-12-18-17-10-6-9-15-14-8-5-4-7-13(14)11-16(15)17;1-2-5-9-7-3-6-8(9)4-1;1-3-2;;;/h4-11H,12H2,1-3H3;1-7H;1-2H3;2*1H;/q;;;;;+2/p-2. The third-order valence-corrected chi connectivity index (χ3v) is 54.9. The van der Waals surface area contributed by atoms with Gasteiger partial charge >= 0.3 is 220 Å². The van der Waals surface area contributed by atoms with Crippen LogP contribution in [0.3, 0.4) is 0 Å². The number of hydrogen-bond acceptors (Lipinski definition) is 2. The first-order valence-corrected chi connectivity index (χ1v) is 30.9. The zero-order valence-corrected chi connectivity index (χ0v) is 26.9. The van der Waals surface area contributed by atoms with E-state index in [4.69, 9.17) is 26.2 Å². The molecule has 182 valence electrons. The number of halogens is 2. The molecule has 0 spiro atoms. The molecule has 7 heteroatoms. The summed E-state index contributed by atoms with van der Waals surface area (Å²) >= 11 is -4.70. The van der Waals surface area contributed by atoms with Crippen LogP contribution in [0.5, 0.6) is 5.75 Å². The second-order valence-electron chi connectivity index (χ2n) is 10.9. The molecule has 2 nitrogen and oxygen atoms in total. The van der Waals surface area contributed by atoms with Gasteiger partial charge in [0.1, 0.15) is 0 Å². The van der Waals surface area contributed by atoms with Gasteiger partial charge in [-0.1, -0.05) is 0 Å². The molecule has 0 bridgehead atoms. The predicted octanol–water partition coefficient (Wildman–Crippen LogP) is 8.96. The van der Waals surface area contributed by atoms with Crippen LogP contribution < -0.4 is 4.74 Å². The van der Waals surface area contributed by atoms with E-state index in [-0.39, 0.29) is 14.0 Å². The predicted molar refractivity (Wildman–Crippen MR) is 151 cm³/mol. The van der Waals surface area contributed by atoms with Crippen LogP contribution in [0.4, 0.5) is 0 Å². The molecule has 0 radical (unpaired) electrons. The third-order valence-electron chi connectivity index (χ3n) is 7.48. The number of ether oxygens (including phenoxy) is 1. The maximum atomic E-state index is 8.19. The number of fused-ring (bicyclic) bond motifs is 4. The molecule has 5 rings (SSSR count). The average molecular weight is 619 g/mol. The van der Waals surface area contributed by atoms with Crippen LogP contribution in [0.25, 0.3) is 17.2 Å². The van der Waals surface area contributed by atoms with Crippen molar-refractivity contribution in [3.05, 3.63) is 95.1 Å². The Morgan fingerprint density at radius 1 is 0.857 bits per heavy atom. The van der Waals surface area contributed by atoms with Gasteiger partial charge in [0.05, 0.1) is 0 Å². The minimum absolute atomic E-state index is 0.0428. The summed E-state index contributed by atoms with van der Waals surface area (Å²) < 4.78 is 12.5. The Morgan fingerprint density at radius 2 is 1.51 bits per heavy atom. The van der Waals surface area contributed by atoms with Crippen molar-refractivity contribution >= 4 is 36.9 Å². The van der Waals surface area contributed by atoms with E-state index in [0.717, 1.165) is 11.3 Å². The normalized spacial score (nSPS) is 18.7. The zero-order valence-electron chi connectivity index (χ0n) is 20.9. The van der Waals surface area contributed by atoms with Gasteiger partial charge in [0, 0.05) is 0 Å². The first-order valence-electron chi connectivity index (χ1n) is 12.2. The van der Waals surface area contributed by atoms with Crippen LogP contribution in [-0.2, 0) is 19.4 Å². The molecular weight excluding hydrogens is 587 g/mol. The van der Waals surface area contributed by atoms with Gasteiger partial charge in [0.2, 0.25) is 0 Å². The molecular formula is C28H32Cl2O2Si2Zr. The molecule has 0 amide bonds. The van der Waals surface area contributed by atoms with Crippen molar-refractivity contribution in [1.82, 2.24) is 0 Å². The Kier molecular flexibility index (Phi) is 6.69. The number of rotatable bonds is 6. The molecule has 0 N–H and O–H groups in total. The van der Waals surface area contributed by atoms with Crippen LogP contribution in [0.2, 0.25) is 32.7 Å². The van der Waals surface area contributed by atoms with E-state index in [1.807, 2.05) is 0 Å². The second-order valence-corrected chi connectivity index (χ2v) is 54.3. The summed E-state index contributed by atoms with van der Waals surface area (Å²) in [5.41, 5.74) is 6.24. The zero-order chi connectivity index (χ0) is 25.0. The minimum atomic E-state index is -4.70. The Bertz CT molecular complexity index is 1410. The van der Waals surface area contributed by atoms with E-state index in [1.54, 1.807) is 0 Å². The van der Waals surface area contributed by atoms with Crippen LogP contribution in [0.1, 0.15) is 29.5 Å². The fraction of sp³-hybridized carbons (Fsp3) is 0.286. The van der Waals surface area contributed by atoms with Gasteiger partial charge in [-0.3, -0.25) is 0 Å². The van der Waals surface area contributed by atoms with Crippen LogP contribution >= 0.6 is 17.0 Å². The number of allylic oxidation sites excluding steroid dienone is 1. The molecule has 2 atom stereocenters. The third kappa shape index (κ3) is 4.21. The summed E-state index contributed by atoms with van der Waals surface area (Å²) in [5.74, 6) is 0.849. The Morgan fingerprint density at radius 3 is 2.23 bits per heavy atom. The number of hydrogen-bond donors (Lipinski definition) is 0. The quantitative estimate of drug-likeness (QED) is 0.203. The number of benzene rings is 3. The summed E-state index contributed by atoms with van der Waals surface area (Å²) in [4.78, 5) is 0. The molecule has 3 aromatic carbocycles. The molecule has 0 aromatic heterocycles. The molecule has 2 aliphatic rings. The Hall–Kier alpha value is -0.943. The van der Waals surface area contributed by atoms with Crippen molar-refractivity contribution in [2.75, 3.05) is 6.79 Å². The van der Waals surface area contributed by atoms with Crippen molar-refractivity contribution < 1.29 is 24.2 Å². The Balaban J connectivity index is 1.75. The van der Waals surface area contributed by atoms with Crippen molar-refractivity contribution in [2.24, 2.45) is 0 Å². The van der Waals surface area contributed by atoms with E-state index < -0.39 is 28.8 Å². The van der Waals surface area contributed by atoms with E-state index in [9.17, 15) is 0 Å². The molecule has 2 unspecified atom stereocenters. The van der Waals surface area contributed by atoms with Gasteiger partial charge < -0.3 is 0 Å². The monoisotopic (exact) mass is 616 g/mol. The van der Waals surface area contributed by atoms with Gasteiger partial charge in [-0.05, 0) is 0 Å². The SMILES string of the molecule is C[Si](C)=[Zr]([Cl])([Cl])([CH]1C=Cc2ccccc21)[CH]1c2ccccc2-c2cccc(OCO[Si](C)(C)C)c21. The van der Waals surface area contributed by atoms with Gasteiger partial charge in [0.15, 0.2) is 0 Å². The van der Waals surface area contributed by atoms with Crippen molar-refractivity contribution in [1.29, 1.82) is 0 Å². The van der Waals surface area contributed by atoms with Crippen LogP contribution in [-0.4, -0.2) is 20.5 Å². The topological polar surface area (TPSA) is 18.5 Å². The van der Waals surface area contributed by atoms with Gasteiger partial charge in [-0.2, -0.15) is 0 Å². The van der Waals surface area contributed by atoms with Gasteiger partial charge in [-0.15, -0.1) is 0 Å². The van der Waals surface area contributed by atoms with E-state index in [0.29, 0.717) is 0 Å². The fourth-order valence-electron chi connectivity index (χ4n) is 5.66. The molecule has 0 saturated carbocycles. The molecule has 0 fully saturated rings. The summed E-state index contributed by atoms with van der Waals surface area (Å²) in [7, 11) is 14.7. The van der Waals surface area contributed by atoms with E-state index in [1.165, 1.54) is 27.8 Å². The molecule has 2 aliphatic carbocycles. The second kappa shape index (κ2) is 9.11. The van der Waals surface area contributed by atoms with Gasteiger partial charge in [0.25, 0.3) is 0 Å². The van der Waals surface area contributed by atoms with Crippen LogP contribution in [0, 0.1) is 0 Å². The Labute approximate surface area is 218 Å². The van der Waals surface area contributed by atoms with Gasteiger partial charge in [-0.25, -0.2) is 0 Å². The van der Waals surface area contributed by atoms with E-state index in [2.05, 4.69) is 112 Å². The summed E-state index contributed by atoms with van der Waals surface area (Å²) in [6.07, 6.45) is 4.51. The first-order chi connectivity index (χ1) is 16.5. The van der Waals surface area contributed by atoms with Crippen molar-refractivity contribution in [2.45, 2.75) is 40.0 Å².